The normalized spacial score (nSPS) is 17.5. The maximum atomic E-state index is 12.6. The van der Waals surface area contributed by atoms with E-state index in [0.717, 1.165) is 37.2 Å². The number of nitrogens with zero attached hydrogens (tertiary/aromatic N) is 1. The number of hydrogen-bond acceptors (Lipinski definition) is 3. The lowest BCUT2D eigenvalue weighted by Gasteiger charge is -2.29. The van der Waals surface area contributed by atoms with E-state index in [1.807, 2.05) is 42.5 Å². The van der Waals surface area contributed by atoms with Crippen LogP contribution in [0.4, 0.5) is 4.79 Å². The predicted octanol–water partition coefficient (Wildman–Crippen LogP) is 3.29. The fourth-order valence-electron chi connectivity index (χ4n) is 3.26. The highest BCUT2D eigenvalue weighted by molar-refractivity contribution is 5.75. The number of carbonyl (C=O) groups excluding carboxylic acids is 1. The Morgan fingerprint density at radius 1 is 1.08 bits per heavy atom. The van der Waals surface area contributed by atoms with Crippen molar-refractivity contribution in [1.29, 1.82) is 0 Å². The molecule has 0 aliphatic carbocycles. The second kappa shape index (κ2) is 8.62. The van der Waals surface area contributed by atoms with E-state index in [4.69, 9.17) is 4.74 Å². The number of nitrogens with one attached hydrogen (secondary N) is 2. The lowest BCUT2D eigenvalue weighted by atomic mass is 9.93. The van der Waals surface area contributed by atoms with Crippen molar-refractivity contribution in [2.75, 3.05) is 13.2 Å². The highest BCUT2D eigenvalue weighted by Crippen LogP contribution is 2.22. The molecule has 1 aliphatic rings. The highest BCUT2D eigenvalue weighted by atomic mass is 16.5. The molecule has 0 unspecified atom stereocenters. The third-order valence-corrected chi connectivity index (χ3v) is 4.76. The van der Waals surface area contributed by atoms with Crippen LogP contribution in [0.15, 0.2) is 54.9 Å². The molecule has 132 valence electrons. The Morgan fingerprint density at radius 2 is 1.80 bits per heavy atom. The zero-order valence-electron chi connectivity index (χ0n) is 14.5. The number of hydrogen-bond donors (Lipinski definition) is 2. The van der Waals surface area contributed by atoms with E-state index in [1.54, 1.807) is 12.4 Å². The van der Waals surface area contributed by atoms with Gasteiger partial charge in [0.1, 0.15) is 0 Å². The summed E-state index contributed by atoms with van der Waals surface area (Å²) in [7, 11) is 0. The van der Waals surface area contributed by atoms with Gasteiger partial charge >= 0.3 is 6.03 Å². The highest BCUT2D eigenvalue weighted by Gasteiger charge is 2.23. The van der Waals surface area contributed by atoms with Crippen molar-refractivity contribution in [1.82, 2.24) is 15.6 Å². The minimum Gasteiger partial charge on any atom is -0.381 e. The first-order valence-electron chi connectivity index (χ1n) is 8.83. The Labute approximate surface area is 148 Å². The lowest BCUT2D eigenvalue weighted by Crippen LogP contribution is -2.46. The van der Waals surface area contributed by atoms with Gasteiger partial charge in [-0.25, -0.2) is 4.79 Å². The average Bonchev–Trinajstić information content (AvgIpc) is 2.68. The molecule has 2 amide bonds. The summed E-state index contributed by atoms with van der Waals surface area (Å²) in [6, 6.07) is 13.5. The van der Waals surface area contributed by atoms with Crippen molar-refractivity contribution in [2.45, 2.75) is 31.8 Å². The lowest BCUT2D eigenvalue weighted by molar-refractivity contribution is 0.0570. The minimum atomic E-state index is -0.225. The molecule has 0 saturated carbocycles. The second-order valence-corrected chi connectivity index (χ2v) is 6.49. The van der Waals surface area contributed by atoms with Crippen molar-refractivity contribution < 1.29 is 9.53 Å². The van der Waals surface area contributed by atoms with Gasteiger partial charge in [0.05, 0.1) is 6.04 Å². The summed E-state index contributed by atoms with van der Waals surface area (Å²) >= 11 is 0. The molecule has 0 bridgehead atoms. The zero-order chi connectivity index (χ0) is 17.5. The van der Waals surface area contributed by atoms with Crippen molar-refractivity contribution in [3.63, 3.8) is 0 Å². The molecule has 0 spiro atoms. The maximum Gasteiger partial charge on any atom is 0.315 e. The second-order valence-electron chi connectivity index (χ2n) is 6.49. The molecular formula is C20H25N3O2. The monoisotopic (exact) mass is 339 g/mol. The molecule has 1 aromatic heterocycles. The van der Waals surface area contributed by atoms with Gasteiger partial charge in [-0.05, 0) is 42.9 Å². The van der Waals surface area contributed by atoms with E-state index in [1.165, 1.54) is 0 Å². The first kappa shape index (κ1) is 17.4. The van der Waals surface area contributed by atoms with E-state index in [9.17, 15) is 4.79 Å². The Bertz CT molecular complexity index is 618. The van der Waals surface area contributed by atoms with E-state index >= 15 is 0 Å². The number of benzene rings is 1. The molecule has 3 rings (SSSR count). The van der Waals surface area contributed by atoms with Gasteiger partial charge in [-0.1, -0.05) is 36.4 Å². The average molecular weight is 339 g/mol. The van der Waals surface area contributed by atoms with Crippen LogP contribution in [0, 0.1) is 5.92 Å². The summed E-state index contributed by atoms with van der Waals surface area (Å²) in [5.41, 5.74) is 1.99. The van der Waals surface area contributed by atoms with Gasteiger partial charge in [-0.15, -0.1) is 0 Å². The molecule has 5 nitrogen and oxygen atoms in total. The van der Waals surface area contributed by atoms with Gasteiger partial charge in [0, 0.05) is 31.6 Å². The quantitative estimate of drug-likeness (QED) is 0.879. The van der Waals surface area contributed by atoms with Crippen LogP contribution in [0.25, 0.3) is 0 Å². The van der Waals surface area contributed by atoms with Crippen LogP contribution >= 0.6 is 0 Å². The largest absolute Gasteiger partial charge is 0.381 e. The van der Waals surface area contributed by atoms with Crippen molar-refractivity contribution in [2.24, 2.45) is 5.92 Å². The van der Waals surface area contributed by atoms with Gasteiger partial charge in [0.15, 0.2) is 0 Å². The van der Waals surface area contributed by atoms with Gasteiger partial charge in [0.2, 0.25) is 0 Å². The molecule has 1 aliphatic heterocycles. The van der Waals surface area contributed by atoms with E-state index in [-0.39, 0.29) is 18.1 Å². The first-order chi connectivity index (χ1) is 12.2. The van der Waals surface area contributed by atoms with Crippen molar-refractivity contribution >= 4 is 6.03 Å². The fourth-order valence-corrected chi connectivity index (χ4v) is 3.26. The SMILES string of the molecule is C[C@@H](NC(=O)N[C@H](c1ccccc1)c1cccnc1)C1CCOCC1. The molecule has 2 aromatic rings. The summed E-state index contributed by atoms with van der Waals surface area (Å²) in [6.45, 7) is 3.62. The van der Waals surface area contributed by atoms with Gasteiger partial charge in [0.25, 0.3) is 0 Å². The molecule has 2 heterocycles. The number of urea groups is 1. The standard InChI is InChI=1S/C20H25N3O2/c1-15(16-9-12-25-13-10-16)22-20(24)23-19(17-6-3-2-4-7-17)18-8-5-11-21-14-18/h2-8,11,14-16,19H,9-10,12-13H2,1H3,(H2,22,23,24)/t15-,19-/m1/s1. The number of aromatic nitrogens is 1. The number of ether oxygens (including phenoxy) is 1. The third-order valence-electron chi connectivity index (χ3n) is 4.76. The van der Waals surface area contributed by atoms with Crippen LogP contribution in [0.3, 0.4) is 0 Å². The van der Waals surface area contributed by atoms with Gasteiger partial charge < -0.3 is 15.4 Å². The van der Waals surface area contributed by atoms with Crippen LogP contribution in [-0.2, 0) is 4.74 Å². The molecule has 2 N–H and O–H groups in total. The minimum absolute atomic E-state index is 0.120. The van der Waals surface area contributed by atoms with Gasteiger partial charge in [-0.2, -0.15) is 0 Å². The molecule has 25 heavy (non-hydrogen) atoms. The number of pyridine rings is 1. The zero-order valence-corrected chi connectivity index (χ0v) is 14.5. The molecule has 1 saturated heterocycles. The van der Waals surface area contributed by atoms with E-state index in [0.29, 0.717) is 5.92 Å². The molecule has 1 fully saturated rings. The van der Waals surface area contributed by atoms with Crippen molar-refractivity contribution in [3.8, 4) is 0 Å². The summed E-state index contributed by atoms with van der Waals surface area (Å²) in [6.07, 6.45) is 5.51. The van der Waals surface area contributed by atoms with E-state index in [2.05, 4.69) is 22.5 Å². The van der Waals surface area contributed by atoms with Crippen LogP contribution in [0.5, 0.6) is 0 Å². The molecule has 5 heteroatoms. The fraction of sp³-hybridized carbons (Fsp3) is 0.400. The van der Waals surface area contributed by atoms with Gasteiger partial charge in [-0.3, -0.25) is 4.98 Å². The molecule has 2 atom stereocenters. The Kier molecular flexibility index (Phi) is 6.01. The molecular weight excluding hydrogens is 314 g/mol. The predicted molar refractivity (Wildman–Crippen MR) is 97.2 cm³/mol. The summed E-state index contributed by atoms with van der Waals surface area (Å²) in [5, 5.41) is 6.19. The van der Waals surface area contributed by atoms with Crippen LogP contribution in [-0.4, -0.2) is 30.3 Å². The molecule has 0 radical (unpaired) electrons. The Hall–Kier alpha value is -2.40. The van der Waals surface area contributed by atoms with Crippen LogP contribution in [0.2, 0.25) is 0 Å². The summed E-state index contributed by atoms with van der Waals surface area (Å²) in [5.74, 6) is 0.466. The number of carbonyl (C=O) groups is 1. The smallest absolute Gasteiger partial charge is 0.315 e. The first-order valence-corrected chi connectivity index (χ1v) is 8.83. The summed E-state index contributed by atoms with van der Waals surface area (Å²) in [4.78, 5) is 16.8. The molecule has 1 aromatic carbocycles. The Balaban J connectivity index is 1.68. The van der Waals surface area contributed by atoms with Crippen LogP contribution in [0.1, 0.15) is 36.9 Å². The Morgan fingerprint density at radius 3 is 2.48 bits per heavy atom. The number of amides is 2. The van der Waals surface area contributed by atoms with E-state index < -0.39 is 0 Å². The number of rotatable bonds is 5. The third kappa shape index (κ3) is 4.79. The summed E-state index contributed by atoms with van der Waals surface area (Å²) < 4.78 is 5.40. The van der Waals surface area contributed by atoms with Crippen LogP contribution < -0.4 is 10.6 Å². The topological polar surface area (TPSA) is 63.2 Å². The maximum absolute atomic E-state index is 12.6. The van der Waals surface area contributed by atoms with Crippen molar-refractivity contribution in [3.05, 3.63) is 66.0 Å².